The fourth-order valence-electron chi connectivity index (χ4n) is 6.99. The molecule has 7 aromatic rings. The van der Waals surface area contributed by atoms with Gasteiger partial charge in [0.1, 0.15) is 0 Å². The highest BCUT2D eigenvalue weighted by Gasteiger charge is 2.21. The molecule has 1 atom stereocenters. The van der Waals surface area contributed by atoms with Crippen LogP contribution in [0.15, 0.2) is 169 Å². The van der Waals surface area contributed by atoms with E-state index >= 15 is 0 Å². The Kier molecular flexibility index (Phi) is 7.75. The number of rotatable bonds is 6. The van der Waals surface area contributed by atoms with Crippen LogP contribution in [0.4, 0.5) is 0 Å². The molecule has 0 fully saturated rings. The first-order valence-corrected chi connectivity index (χ1v) is 17.3. The maximum absolute atomic E-state index is 5.13. The van der Waals surface area contributed by atoms with Crippen molar-refractivity contribution in [3.63, 3.8) is 0 Å². The number of aliphatic imine (C=N–C) groups is 1. The summed E-state index contributed by atoms with van der Waals surface area (Å²) in [6.07, 6.45) is 11.9. The number of hydrogen-bond donors (Lipinski definition) is 0. The average Bonchev–Trinajstić information content (AvgIpc) is 3.20. The minimum absolute atomic E-state index is 0.163. The third kappa shape index (κ3) is 5.97. The average molecular weight is 643 g/mol. The van der Waals surface area contributed by atoms with E-state index in [1.165, 1.54) is 11.1 Å². The summed E-state index contributed by atoms with van der Waals surface area (Å²) in [6.45, 7) is 0. The van der Waals surface area contributed by atoms with Crippen molar-refractivity contribution >= 4 is 39.0 Å². The van der Waals surface area contributed by atoms with Gasteiger partial charge in [-0.25, -0.2) is 15.0 Å². The SMILES string of the molecule is C1=CC(c2cc(-c3ccc4nc5cc(C6C=C(c7ccccc7)N=C(c7ccccc7)C6)ccc5nc4c3)cc(-c3ccccc3)n2)=CCC1. The van der Waals surface area contributed by atoms with Crippen LogP contribution in [0.25, 0.3) is 55.7 Å². The number of hydrogen-bond acceptors (Lipinski definition) is 4. The van der Waals surface area contributed by atoms with Crippen molar-refractivity contribution in [2.24, 2.45) is 4.99 Å². The van der Waals surface area contributed by atoms with Gasteiger partial charge in [0, 0.05) is 23.6 Å². The molecule has 0 saturated heterocycles. The molecule has 0 radical (unpaired) electrons. The van der Waals surface area contributed by atoms with Crippen LogP contribution in [0.5, 0.6) is 0 Å². The fourth-order valence-corrected chi connectivity index (χ4v) is 6.99. The van der Waals surface area contributed by atoms with E-state index in [0.29, 0.717) is 0 Å². The third-order valence-electron chi connectivity index (χ3n) is 9.61. The van der Waals surface area contributed by atoms with E-state index in [4.69, 9.17) is 19.9 Å². The van der Waals surface area contributed by atoms with Crippen LogP contribution in [-0.4, -0.2) is 20.7 Å². The van der Waals surface area contributed by atoms with E-state index in [2.05, 4.69) is 152 Å². The first-order valence-electron chi connectivity index (χ1n) is 17.3. The Labute approximate surface area is 292 Å². The maximum atomic E-state index is 5.13. The first kappa shape index (κ1) is 29.8. The minimum atomic E-state index is 0.163. The van der Waals surface area contributed by atoms with Crippen molar-refractivity contribution in [3.8, 4) is 22.4 Å². The van der Waals surface area contributed by atoms with Gasteiger partial charge in [-0.3, -0.25) is 4.99 Å². The molecule has 2 aliphatic rings. The zero-order chi connectivity index (χ0) is 33.3. The van der Waals surface area contributed by atoms with Crippen molar-refractivity contribution in [2.45, 2.75) is 25.2 Å². The van der Waals surface area contributed by atoms with Crippen molar-refractivity contribution in [3.05, 3.63) is 186 Å². The second-order valence-electron chi connectivity index (χ2n) is 13.0. The maximum Gasteiger partial charge on any atom is 0.0900 e. The van der Waals surface area contributed by atoms with Crippen molar-refractivity contribution in [1.29, 1.82) is 0 Å². The normalized spacial score (nSPS) is 15.8. The molecule has 0 bridgehead atoms. The lowest BCUT2D eigenvalue weighted by atomic mass is 9.87. The van der Waals surface area contributed by atoms with Crippen LogP contribution >= 0.6 is 0 Å². The van der Waals surface area contributed by atoms with Gasteiger partial charge in [-0.05, 0) is 82.6 Å². The van der Waals surface area contributed by atoms with E-state index in [-0.39, 0.29) is 5.92 Å². The molecule has 9 rings (SSSR count). The van der Waals surface area contributed by atoms with E-state index in [0.717, 1.165) is 91.9 Å². The van der Waals surface area contributed by atoms with E-state index in [9.17, 15) is 0 Å². The van der Waals surface area contributed by atoms with E-state index in [1.54, 1.807) is 0 Å². The lowest BCUT2D eigenvalue weighted by Crippen LogP contribution is -2.12. The Morgan fingerprint density at radius 1 is 0.480 bits per heavy atom. The third-order valence-corrected chi connectivity index (χ3v) is 9.61. The summed E-state index contributed by atoms with van der Waals surface area (Å²) in [5, 5.41) is 0. The molecule has 238 valence electrons. The molecule has 1 aliphatic carbocycles. The molecule has 0 saturated carbocycles. The smallest absolute Gasteiger partial charge is 0.0900 e. The molecule has 0 amide bonds. The number of fused-ring (bicyclic) bond motifs is 2. The van der Waals surface area contributed by atoms with E-state index < -0.39 is 0 Å². The Balaban J connectivity index is 1.09. The largest absolute Gasteiger partial charge is 0.252 e. The van der Waals surface area contributed by atoms with Gasteiger partial charge in [-0.2, -0.15) is 0 Å². The van der Waals surface area contributed by atoms with Crippen molar-refractivity contribution in [2.75, 3.05) is 0 Å². The Morgan fingerprint density at radius 3 is 1.86 bits per heavy atom. The Hall–Kier alpha value is -6.26. The molecule has 4 nitrogen and oxygen atoms in total. The number of allylic oxidation sites excluding steroid dienone is 5. The fraction of sp³-hybridized carbons (Fsp3) is 0.0870. The van der Waals surface area contributed by atoms with Gasteiger partial charge in [0.2, 0.25) is 0 Å². The van der Waals surface area contributed by atoms with Crippen LogP contribution in [-0.2, 0) is 0 Å². The van der Waals surface area contributed by atoms with Gasteiger partial charge < -0.3 is 0 Å². The summed E-state index contributed by atoms with van der Waals surface area (Å²) in [7, 11) is 0. The molecule has 5 aromatic carbocycles. The summed E-state index contributed by atoms with van der Waals surface area (Å²) in [4.78, 5) is 20.5. The Bertz CT molecular complexity index is 2490. The van der Waals surface area contributed by atoms with Gasteiger partial charge in [-0.1, -0.05) is 127 Å². The highest BCUT2D eigenvalue weighted by molar-refractivity contribution is 6.05. The molecule has 3 heterocycles. The monoisotopic (exact) mass is 642 g/mol. The highest BCUT2D eigenvalue weighted by Crippen LogP contribution is 2.36. The van der Waals surface area contributed by atoms with Crippen LogP contribution < -0.4 is 0 Å². The molecule has 4 heteroatoms. The van der Waals surface area contributed by atoms with Gasteiger partial charge in [-0.15, -0.1) is 0 Å². The minimum Gasteiger partial charge on any atom is -0.252 e. The van der Waals surface area contributed by atoms with Crippen LogP contribution in [0.2, 0.25) is 0 Å². The van der Waals surface area contributed by atoms with Crippen LogP contribution in [0, 0.1) is 0 Å². The second kappa shape index (κ2) is 13.0. The zero-order valence-corrected chi connectivity index (χ0v) is 27.6. The van der Waals surface area contributed by atoms with Crippen molar-refractivity contribution < 1.29 is 0 Å². The van der Waals surface area contributed by atoms with Crippen LogP contribution in [0.1, 0.15) is 47.6 Å². The Morgan fingerprint density at radius 2 is 1.14 bits per heavy atom. The predicted molar refractivity (Wildman–Crippen MR) is 207 cm³/mol. The molecule has 1 unspecified atom stereocenters. The van der Waals surface area contributed by atoms with Gasteiger partial charge in [0.05, 0.1) is 39.2 Å². The number of aromatic nitrogens is 3. The lowest BCUT2D eigenvalue weighted by molar-refractivity contribution is 0.881. The quantitative estimate of drug-likeness (QED) is 0.170. The molecule has 0 N–H and O–H groups in total. The van der Waals surface area contributed by atoms with Gasteiger partial charge >= 0.3 is 0 Å². The summed E-state index contributed by atoms with van der Waals surface area (Å²) in [6, 6.07) is 48.7. The van der Waals surface area contributed by atoms with Gasteiger partial charge in [0.25, 0.3) is 0 Å². The molecular weight excluding hydrogens is 609 g/mol. The molecular formula is C46H34N4. The number of benzene rings is 5. The highest BCUT2D eigenvalue weighted by atomic mass is 14.8. The predicted octanol–water partition coefficient (Wildman–Crippen LogP) is 11.3. The molecule has 1 aliphatic heterocycles. The van der Waals surface area contributed by atoms with Gasteiger partial charge in [0.15, 0.2) is 0 Å². The summed E-state index contributed by atoms with van der Waals surface area (Å²) < 4.78 is 0. The van der Waals surface area contributed by atoms with E-state index in [1.807, 2.05) is 12.1 Å². The summed E-state index contributed by atoms with van der Waals surface area (Å²) >= 11 is 0. The number of nitrogens with zero attached hydrogens (tertiary/aromatic N) is 4. The number of pyridine rings is 1. The molecule has 0 spiro atoms. The molecule has 50 heavy (non-hydrogen) atoms. The van der Waals surface area contributed by atoms with Crippen molar-refractivity contribution in [1.82, 2.24) is 15.0 Å². The first-order chi connectivity index (χ1) is 24.7. The molecule has 2 aromatic heterocycles. The summed E-state index contributed by atoms with van der Waals surface area (Å²) in [5.74, 6) is 0.163. The zero-order valence-electron chi connectivity index (χ0n) is 27.6. The van der Waals surface area contributed by atoms with Crippen LogP contribution in [0.3, 0.4) is 0 Å². The second-order valence-corrected chi connectivity index (χ2v) is 13.0. The standard InChI is InChI=1S/C46H34N4/c1-5-13-31(14-6-1)41-27-37(28-42(49-41)32-15-7-2-8-16-32)35-21-23-39-45(25-35)47-40-24-22-36(26-46(40)48-39)38-29-43(33-17-9-3-10-18-33)50-44(30-38)34-19-11-4-12-20-34/h1-3,5-11,13-27,29-30,37H,4,12,28H2. The summed E-state index contributed by atoms with van der Waals surface area (Å²) in [5.41, 5.74) is 15.6. The lowest BCUT2D eigenvalue weighted by Gasteiger charge is -2.22. The topological polar surface area (TPSA) is 51.0 Å².